The Balaban J connectivity index is 2.26. The molecular formula is C14H17BrFN3. The maximum atomic E-state index is 14.3. The van der Waals surface area contributed by atoms with Crippen LogP contribution in [0.3, 0.4) is 0 Å². The van der Waals surface area contributed by atoms with Gasteiger partial charge in [0.2, 0.25) is 0 Å². The van der Waals surface area contributed by atoms with Gasteiger partial charge in [0.25, 0.3) is 0 Å². The van der Waals surface area contributed by atoms with Crippen molar-refractivity contribution in [1.29, 1.82) is 5.26 Å². The highest BCUT2D eigenvalue weighted by atomic mass is 79.9. The normalized spacial score (nSPS) is 19.6. The number of benzene rings is 1. The molecule has 0 aliphatic carbocycles. The van der Waals surface area contributed by atoms with Gasteiger partial charge in [-0.25, -0.2) is 4.39 Å². The van der Waals surface area contributed by atoms with Crippen LogP contribution in [0.15, 0.2) is 16.6 Å². The Morgan fingerprint density at radius 1 is 1.42 bits per heavy atom. The number of nitrogens with one attached hydrogen (secondary N) is 1. The van der Waals surface area contributed by atoms with Crippen LogP contribution in [-0.4, -0.2) is 26.2 Å². The molecule has 2 rings (SSSR count). The quantitative estimate of drug-likeness (QED) is 0.908. The summed E-state index contributed by atoms with van der Waals surface area (Å²) in [6, 6.07) is 5.67. The molecule has 19 heavy (non-hydrogen) atoms. The molecule has 1 aromatic rings. The predicted octanol–water partition coefficient (Wildman–Crippen LogP) is 3.04. The van der Waals surface area contributed by atoms with Gasteiger partial charge in [0.15, 0.2) is 5.82 Å². The summed E-state index contributed by atoms with van der Waals surface area (Å²) in [6.07, 6.45) is 3.17. The van der Waals surface area contributed by atoms with Crippen molar-refractivity contribution in [3.63, 3.8) is 0 Å². The first-order valence-electron chi connectivity index (χ1n) is 6.46. The molecule has 102 valence electrons. The standard InChI is InChI=1S/C14H17BrFN3/c1-19(11-3-2-7-18-8-6-11)12-5-4-10(9-17)13(15)14(12)16/h4-5,11,18H,2-3,6-8H2,1H3. The van der Waals surface area contributed by atoms with Crippen LogP contribution in [0.2, 0.25) is 0 Å². The summed E-state index contributed by atoms with van der Waals surface area (Å²) >= 11 is 3.16. The first-order chi connectivity index (χ1) is 9.15. The van der Waals surface area contributed by atoms with E-state index < -0.39 is 0 Å². The van der Waals surface area contributed by atoms with Crippen LogP contribution in [0.1, 0.15) is 24.8 Å². The molecule has 0 radical (unpaired) electrons. The molecule has 0 bridgehead atoms. The minimum Gasteiger partial charge on any atom is -0.369 e. The Kier molecular flexibility index (Phi) is 4.78. The molecule has 1 aliphatic rings. The summed E-state index contributed by atoms with van der Waals surface area (Å²) in [7, 11) is 1.92. The van der Waals surface area contributed by atoms with Crippen LogP contribution in [0.4, 0.5) is 10.1 Å². The monoisotopic (exact) mass is 325 g/mol. The zero-order valence-corrected chi connectivity index (χ0v) is 12.5. The van der Waals surface area contributed by atoms with E-state index in [9.17, 15) is 4.39 Å². The predicted molar refractivity (Wildman–Crippen MR) is 77.7 cm³/mol. The second-order valence-corrected chi connectivity index (χ2v) is 5.61. The molecule has 1 fully saturated rings. The zero-order valence-electron chi connectivity index (χ0n) is 10.9. The van der Waals surface area contributed by atoms with Gasteiger partial charge in [0.05, 0.1) is 15.7 Å². The molecule has 1 heterocycles. The van der Waals surface area contributed by atoms with Crippen molar-refractivity contribution in [3.8, 4) is 6.07 Å². The Hall–Kier alpha value is -1.12. The third-order valence-corrected chi connectivity index (χ3v) is 4.43. The molecule has 3 nitrogen and oxygen atoms in total. The molecule has 0 spiro atoms. The molecule has 1 atom stereocenters. The fourth-order valence-electron chi connectivity index (χ4n) is 2.48. The number of hydrogen-bond donors (Lipinski definition) is 1. The largest absolute Gasteiger partial charge is 0.369 e. The van der Waals surface area contributed by atoms with Gasteiger partial charge in [-0.15, -0.1) is 0 Å². The average Bonchev–Trinajstić information content (AvgIpc) is 2.70. The van der Waals surface area contributed by atoms with Crippen LogP contribution < -0.4 is 10.2 Å². The highest BCUT2D eigenvalue weighted by molar-refractivity contribution is 9.10. The fraction of sp³-hybridized carbons (Fsp3) is 0.500. The van der Waals surface area contributed by atoms with Crippen LogP contribution in [-0.2, 0) is 0 Å². The van der Waals surface area contributed by atoms with Crippen molar-refractivity contribution in [2.24, 2.45) is 0 Å². The van der Waals surface area contributed by atoms with Crippen molar-refractivity contribution in [3.05, 3.63) is 28.0 Å². The zero-order chi connectivity index (χ0) is 13.8. The van der Waals surface area contributed by atoms with Crippen LogP contribution >= 0.6 is 15.9 Å². The minimum absolute atomic E-state index is 0.256. The first kappa shape index (κ1) is 14.3. The summed E-state index contributed by atoms with van der Waals surface area (Å²) in [5, 5.41) is 12.2. The van der Waals surface area contributed by atoms with E-state index in [1.165, 1.54) is 0 Å². The summed E-state index contributed by atoms with van der Waals surface area (Å²) in [5.74, 6) is -0.348. The van der Waals surface area contributed by atoms with Crippen LogP contribution in [0.25, 0.3) is 0 Å². The number of anilines is 1. The number of hydrogen-bond acceptors (Lipinski definition) is 3. The van der Waals surface area contributed by atoms with Crippen molar-refractivity contribution in [2.45, 2.75) is 25.3 Å². The lowest BCUT2D eigenvalue weighted by Crippen LogP contribution is -2.33. The highest BCUT2D eigenvalue weighted by Gasteiger charge is 2.21. The van der Waals surface area contributed by atoms with Crippen LogP contribution in [0.5, 0.6) is 0 Å². The van der Waals surface area contributed by atoms with Crippen LogP contribution in [0, 0.1) is 17.1 Å². The topological polar surface area (TPSA) is 39.1 Å². The number of halogens is 2. The van der Waals surface area contributed by atoms with Gasteiger partial charge in [-0.05, 0) is 60.4 Å². The summed E-state index contributed by atoms with van der Waals surface area (Å²) in [4.78, 5) is 1.99. The van der Waals surface area contributed by atoms with E-state index in [1.54, 1.807) is 12.1 Å². The molecule has 1 aliphatic heterocycles. The van der Waals surface area contributed by atoms with E-state index in [2.05, 4.69) is 21.2 Å². The van der Waals surface area contributed by atoms with E-state index in [-0.39, 0.29) is 10.3 Å². The van der Waals surface area contributed by atoms with E-state index in [0.29, 0.717) is 17.3 Å². The van der Waals surface area contributed by atoms with Crippen molar-refractivity contribution in [2.75, 3.05) is 25.0 Å². The second-order valence-electron chi connectivity index (χ2n) is 4.82. The summed E-state index contributed by atoms with van der Waals surface area (Å²) in [5.41, 5.74) is 0.884. The van der Waals surface area contributed by atoms with Crippen molar-refractivity contribution in [1.82, 2.24) is 5.32 Å². The maximum Gasteiger partial charge on any atom is 0.161 e. The van der Waals surface area contributed by atoms with Crippen molar-refractivity contribution < 1.29 is 4.39 Å². The third kappa shape index (κ3) is 3.07. The van der Waals surface area contributed by atoms with E-state index in [0.717, 1.165) is 32.4 Å². The van der Waals surface area contributed by atoms with Gasteiger partial charge >= 0.3 is 0 Å². The molecule has 5 heteroatoms. The summed E-state index contributed by atoms with van der Waals surface area (Å²) < 4.78 is 14.6. The maximum absolute atomic E-state index is 14.3. The van der Waals surface area contributed by atoms with Gasteiger partial charge in [0.1, 0.15) is 6.07 Å². The Bertz CT molecular complexity index is 490. The van der Waals surface area contributed by atoms with E-state index in [4.69, 9.17) is 5.26 Å². The summed E-state index contributed by atoms with van der Waals surface area (Å²) in [6.45, 7) is 2.00. The van der Waals surface area contributed by atoms with Gasteiger partial charge in [-0.2, -0.15) is 5.26 Å². The van der Waals surface area contributed by atoms with Gasteiger partial charge in [-0.3, -0.25) is 0 Å². The third-order valence-electron chi connectivity index (χ3n) is 3.66. The van der Waals surface area contributed by atoms with Gasteiger partial charge in [0, 0.05) is 13.1 Å². The molecule has 0 aromatic heterocycles. The molecule has 0 amide bonds. The number of nitriles is 1. The highest BCUT2D eigenvalue weighted by Crippen LogP contribution is 2.30. The van der Waals surface area contributed by atoms with Crippen molar-refractivity contribution >= 4 is 21.6 Å². The smallest absolute Gasteiger partial charge is 0.161 e. The molecule has 1 saturated heterocycles. The molecule has 1 aromatic carbocycles. The molecular weight excluding hydrogens is 309 g/mol. The minimum atomic E-state index is -0.348. The fourth-order valence-corrected chi connectivity index (χ4v) is 2.91. The lowest BCUT2D eigenvalue weighted by atomic mass is 10.1. The molecule has 0 saturated carbocycles. The number of rotatable bonds is 2. The lowest BCUT2D eigenvalue weighted by molar-refractivity contribution is 0.547. The molecule has 1 unspecified atom stereocenters. The first-order valence-corrected chi connectivity index (χ1v) is 7.26. The van der Waals surface area contributed by atoms with Gasteiger partial charge in [-0.1, -0.05) is 0 Å². The van der Waals surface area contributed by atoms with E-state index in [1.807, 2.05) is 18.0 Å². The molecule has 1 N–H and O–H groups in total. The Morgan fingerprint density at radius 2 is 2.21 bits per heavy atom. The van der Waals surface area contributed by atoms with E-state index >= 15 is 0 Å². The SMILES string of the molecule is CN(c1ccc(C#N)c(Br)c1F)C1CCCNCC1. The average molecular weight is 326 g/mol. The lowest BCUT2D eigenvalue weighted by Gasteiger charge is -2.29. The van der Waals surface area contributed by atoms with Gasteiger partial charge < -0.3 is 10.2 Å². The number of nitrogens with zero attached hydrogens (tertiary/aromatic N) is 2. The second kappa shape index (κ2) is 6.36. The Labute approximate surface area is 121 Å². The Morgan fingerprint density at radius 3 is 2.95 bits per heavy atom.